The molecule has 1 saturated heterocycles. The van der Waals surface area contributed by atoms with Crippen molar-refractivity contribution in [2.75, 3.05) is 23.7 Å². The van der Waals surface area contributed by atoms with Crippen LogP contribution in [-0.2, 0) is 0 Å². The molecule has 2 nitrogen and oxygen atoms in total. The predicted molar refractivity (Wildman–Crippen MR) is 70.8 cm³/mol. The molecule has 2 rings (SSSR count). The number of rotatable bonds is 3. The Kier molecular flexibility index (Phi) is 3.37. The number of nitrogens with zero attached hydrogens (tertiary/aromatic N) is 1. The van der Waals surface area contributed by atoms with E-state index in [2.05, 4.69) is 30.9 Å². The molecule has 1 fully saturated rings. The van der Waals surface area contributed by atoms with Crippen LogP contribution in [-0.4, -0.2) is 13.1 Å². The summed E-state index contributed by atoms with van der Waals surface area (Å²) in [6.07, 6.45) is 4.02. The van der Waals surface area contributed by atoms with Crippen molar-refractivity contribution in [1.29, 1.82) is 0 Å². The molecule has 2 heteroatoms. The maximum atomic E-state index is 5.78. The van der Waals surface area contributed by atoms with Gasteiger partial charge in [-0.05, 0) is 49.4 Å². The summed E-state index contributed by atoms with van der Waals surface area (Å²) < 4.78 is 0. The van der Waals surface area contributed by atoms with Crippen molar-refractivity contribution < 1.29 is 0 Å². The fraction of sp³-hybridized carbons (Fsp3) is 0.571. The van der Waals surface area contributed by atoms with Crippen LogP contribution in [0, 0.1) is 12.8 Å². The highest BCUT2D eigenvalue weighted by Gasteiger charge is 2.22. The van der Waals surface area contributed by atoms with Gasteiger partial charge in [0.25, 0.3) is 0 Å². The molecule has 1 heterocycles. The molecule has 0 saturated carbocycles. The maximum Gasteiger partial charge on any atom is 0.0397 e. The van der Waals surface area contributed by atoms with Crippen LogP contribution in [0.2, 0.25) is 0 Å². The summed E-state index contributed by atoms with van der Waals surface area (Å²) in [4.78, 5) is 2.51. The summed E-state index contributed by atoms with van der Waals surface area (Å²) >= 11 is 0. The van der Waals surface area contributed by atoms with Crippen molar-refractivity contribution in [2.45, 2.75) is 33.1 Å². The van der Waals surface area contributed by atoms with E-state index in [0.29, 0.717) is 0 Å². The van der Waals surface area contributed by atoms with Crippen LogP contribution in [0.5, 0.6) is 0 Å². The molecule has 1 aliphatic rings. The quantitative estimate of drug-likeness (QED) is 0.789. The Balaban J connectivity index is 2.08. The lowest BCUT2D eigenvalue weighted by atomic mass is 10.0. The monoisotopic (exact) mass is 218 g/mol. The van der Waals surface area contributed by atoms with Gasteiger partial charge in [-0.15, -0.1) is 0 Å². The zero-order valence-electron chi connectivity index (χ0n) is 10.4. The van der Waals surface area contributed by atoms with Gasteiger partial charge in [-0.1, -0.05) is 13.3 Å². The zero-order valence-corrected chi connectivity index (χ0v) is 10.4. The average Bonchev–Trinajstić information content (AvgIpc) is 2.67. The van der Waals surface area contributed by atoms with Crippen molar-refractivity contribution in [3.05, 3.63) is 23.8 Å². The second kappa shape index (κ2) is 4.77. The van der Waals surface area contributed by atoms with Crippen LogP contribution in [0.3, 0.4) is 0 Å². The highest BCUT2D eigenvalue weighted by Crippen LogP contribution is 2.29. The van der Waals surface area contributed by atoms with E-state index in [1.807, 2.05) is 6.07 Å². The lowest BCUT2D eigenvalue weighted by molar-refractivity contribution is 0.530. The van der Waals surface area contributed by atoms with Crippen LogP contribution >= 0.6 is 0 Å². The van der Waals surface area contributed by atoms with Crippen LogP contribution in [0.1, 0.15) is 31.7 Å². The third-order valence-corrected chi connectivity index (χ3v) is 3.54. The molecule has 1 unspecified atom stereocenters. The van der Waals surface area contributed by atoms with Crippen LogP contribution in [0.25, 0.3) is 0 Å². The lowest BCUT2D eigenvalue weighted by Crippen LogP contribution is -2.20. The van der Waals surface area contributed by atoms with Crippen LogP contribution in [0.15, 0.2) is 18.2 Å². The topological polar surface area (TPSA) is 29.3 Å². The molecule has 1 aromatic carbocycles. The van der Waals surface area contributed by atoms with Gasteiger partial charge < -0.3 is 10.6 Å². The molecule has 2 N–H and O–H groups in total. The first-order valence-corrected chi connectivity index (χ1v) is 6.31. The Morgan fingerprint density at radius 3 is 2.94 bits per heavy atom. The first-order chi connectivity index (χ1) is 7.70. The van der Waals surface area contributed by atoms with Gasteiger partial charge in [0, 0.05) is 24.5 Å². The summed E-state index contributed by atoms with van der Waals surface area (Å²) in [5.41, 5.74) is 9.32. The van der Waals surface area contributed by atoms with E-state index >= 15 is 0 Å². The van der Waals surface area contributed by atoms with E-state index in [4.69, 9.17) is 5.73 Å². The minimum absolute atomic E-state index is 0.866. The van der Waals surface area contributed by atoms with Crippen LogP contribution < -0.4 is 10.6 Å². The molecule has 0 spiro atoms. The summed E-state index contributed by atoms with van der Waals surface area (Å²) in [7, 11) is 0. The van der Waals surface area contributed by atoms with Gasteiger partial charge in [-0.25, -0.2) is 0 Å². The number of benzene rings is 1. The molecule has 1 aromatic rings. The third-order valence-electron chi connectivity index (χ3n) is 3.54. The van der Waals surface area contributed by atoms with Gasteiger partial charge in [0.2, 0.25) is 0 Å². The van der Waals surface area contributed by atoms with Gasteiger partial charge in [0.15, 0.2) is 0 Å². The van der Waals surface area contributed by atoms with Crippen molar-refractivity contribution >= 4 is 11.4 Å². The van der Waals surface area contributed by atoms with E-state index in [1.165, 1.54) is 43.6 Å². The summed E-state index contributed by atoms with van der Waals surface area (Å²) in [6.45, 7) is 6.85. The second-order valence-electron chi connectivity index (χ2n) is 4.94. The van der Waals surface area contributed by atoms with E-state index in [-0.39, 0.29) is 0 Å². The van der Waals surface area contributed by atoms with Gasteiger partial charge >= 0.3 is 0 Å². The molecule has 1 atom stereocenters. The highest BCUT2D eigenvalue weighted by molar-refractivity contribution is 5.59. The Labute approximate surface area is 98.4 Å². The molecule has 0 bridgehead atoms. The Bertz CT molecular complexity index is 360. The summed E-state index contributed by atoms with van der Waals surface area (Å²) in [5, 5.41) is 0. The molecule has 0 radical (unpaired) electrons. The molecule has 0 amide bonds. The van der Waals surface area contributed by atoms with Crippen molar-refractivity contribution in [1.82, 2.24) is 0 Å². The number of anilines is 2. The molecule has 1 aliphatic heterocycles. The first-order valence-electron chi connectivity index (χ1n) is 6.31. The van der Waals surface area contributed by atoms with Gasteiger partial charge in [0.1, 0.15) is 0 Å². The second-order valence-corrected chi connectivity index (χ2v) is 4.94. The SMILES string of the molecule is CCCC1CCN(c2ccc(N)cc2C)C1. The van der Waals surface area contributed by atoms with Gasteiger partial charge in [0.05, 0.1) is 0 Å². The van der Waals surface area contributed by atoms with Gasteiger partial charge in [-0.3, -0.25) is 0 Å². The molecule has 88 valence electrons. The Hall–Kier alpha value is -1.18. The average molecular weight is 218 g/mol. The van der Waals surface area contributed by atoms with E-state index < -0.39 is 0 Å². The summed E-state index contributed by atoms with van der Waals surface area (Å²) in [6, 6.07) is 6.25. The minimum atomic E-state index is 0.866. The number of nitrogen functional groups attached to an aromatic ring is 1. The van der Waals surface area contributed by atoms with E-state index in [0.717, 1.165) is 11.6 Å². The predicted octanol–water partition coefficient (Wildman–Crippen LogP) is 3.20. The van der Waals surface area contributed by atoms with Gasteiger partial charge in [-0.2, -0.15) is 0 Å². The third kappa shape index (κ3) is 2.31. The number of nitrogens with two attached hydrogens (primary N) is 1. The standard InChI is InChI=1S/C14H22N2/c1-3-4-12-7-8-16(10-12)14-6-5-13(15)9-11(14)2/h5-6,9,12H,3-4,7-8,10,15H2,1-2H3. The van der Waals surface area contributed by atoms with Crippen LogP contribution in [0.4, 0.5) is 11.4 Å². The fourth-order valence-corrected chi connectivity index (χ4v) is 2.73. The lowest BCUT2D eigenvalue weighted by Gasteiger charge is -2.21. The smallest absolute Gasteiger partial charge is 0.0397 e. The largest absolute Gasteiger partial charge is 0.399 e. The number of hydrogen-bond acceptors (Lipinski definition) is 2. The Morgan fingerprint density at radius 1 is 1.44 bits per heavy atom. The zero-order chi connectivity index (χ0) is 11.5. The van der Waals surface area contributed by atoms with Crippen molar-refractivity contribution in [3.8, 4) is 0 Å². The molecule has 16 heavy (non-hydrogen) atoms. The highest BCUT2D eigenvalue weighted by atomic mass is 15.2. The fourth-order valence-electron chi connectivity index (χ4n) is 2.73. The van der Waals surface area contributed by atoms with E-state index in [9.17, 15) is 0 Å². The van der Waals surface area contributed by atoms with Crippen molar-refractivity contribution in [2.24, 2.45) is 5.92 Å². The molecule has 0 aromatic heterocycles. The van der Waals surface area contributed by atoms with E-state index in [1.54, 1.807) is 0 Å². The first kappa shape index (κ1) is 11.3. The molecular formula is C14H22N2. The molecular weight excluding hydrogens is 196 g/mol. The Morgan fingerprint density at radius 2 is 2.25 bits per heavy atom. The molecule has 0 aliphatic carbocycles. The summed E-state index contributed by atoms with van der Waals surface area (Å²) in [5.74, 6) is 0.891. The maximum absolute atomic E-state index is 5.78. The normalized spacial score (nSPS) is 20.4. The minimum Gasteiger partial charge on any atom is -0.399 e. The number of aryl methyl sites for hydroxylation is 1. The number of hydrogen-bond donors (Lipinski definition) is 1. The van der Waals surface area contributed by atoms with Crippen molar-refractivity contribution in [3.63, 3.8) is 0 Å².